The summed E-state index contributed by atoms with van der Waals surface area (Å²) < 4.78 is 0. The Balaban J connectivity index is 2.79. The molecule has 0 bridgehead atoms. The molecule has 0 aromatic rings. The number of aliphatic hydroxyl groups excluding tert-OH is 1. The molecule has 0 aliphatic heterocycles. The Kier molecular flexibility index (Phi) is 11.0. The van der Waals surface area contributed by atoms with Crippen LogP contribution in [0, 0.1) is 11.8 Å². The van der Waals surface area contributed by atoms with E-state index in [1.807, 2.05) is 6.08 Å². The highest BCUT2D eigenvalue weighted by molar-refractivity contribution is 5.78. The van der Waals surface area contributed by atoms with E-state index in [0.29, 0.717) is 19.3 Å². The summed E-state index contributed by atoms with van der Waals surface area (Å²) in [5.41, 5.74) is -1.82. The van der Waals surface area contributed by atoms with E-state index in [9.17, 15) is 19.8 Å². The van der Waals surface area contributed by atoms with Gasteiger partial charge in [0.15, 0.2) is 5.60 Å². The van der Waals surface area contributed by atoms with Crippen LogP contribution in [0.15, 0.2) is 24.3 Å². The molecular weight excluding hydrogens is 348 g/mol. The molecule has 1 aliphatic carbocycles. The van der Waals surface area contributed by atoms with Gasteiger partial charge in [0.05, 0.1) is 6.42 Å². The van der Waals surface area contributed by atoms with Gasteiger partial charge in [-0.3, -0.25) is 4.79 Å². The molecule has 6 nitrogen and oxygen atoms in total. The Bertz CT molecular complexity index is 507. The maximum Gasteiger partial charge on any atom is 0.336 e. The first-order chi connectivity index (χ1) is 12.9. The van der Waals surface area contributed by atoms with E-state index in [1.165, 1.54) is 6.08 Å². The van der Waals surface area contributed by atoms with Gasteiger partial charge in [0.2, 0.25) is 0 Å². The third-order valence-electron chi connectivity index (χ3n) is 5.38. The van der Waals surface area contributed by atoms with Crippen molar-refractivity contribution in [3.63, 3.8) is 0 Å². The molecule has 1 aliphatic rings. The molecule has 1 rings (SSSR count). The predicted molar refractivity (Wildman–Crippen MR) is 103 cm³/mol. The van der Waals surface area contributed by atoms with E-state index in [0.717, 1.165) is 44.9 Å². The summed E-state index contributed by atoms with van der Waals surface area (Å²) in [6.45, 7) is 0.202. The van der Waals surface area contributed by atoms with Crippen molar-refractivity contribution in [1.82, 2.24) is 0 Å². The molecule has 27 heavy (non-hydrogen) atoms. The number of aliphatic hydroxyl groups is 2. The summed E-state index contributed by atoms with van der Waals surface area (Å²) in [6.07, 6.45) is 14.8. The highest BCUT2D eigenvalue weighted by atomic mass is 16.4. The number of aliphatic carboxylic acids is 2. The van der Waals surface area contributed by atoms with Crippen LogP contribution in [-0.2, 0) is 9.59 Å². The molecule has 0 radical (unpaired) electrons. The minimum atomic E-state index is -1.82. The van der Waals surface area contributed by atoms with Crippen molar-refractivity contribution in [2.75, 3.05) is 6.61 Å². The van der Waals surface area contributed by atoms with Gasteiger partial charge in [0.1, 0.15) is 0 Å². The van der Waals surface area contributed by atoms with Crippen molar-refractivity contribution in [2.45, 2.75) is 76.2 Å². The zero-order valence-corrected chi connectivity index (χ0v) is 16.1. The van der Waals surface area contributed by atoms with Crippen molar-refractivity contribution in [3.8, 4) is 0 Å². The van der Waals surface area contributed by atoms with Crippen molar-refractivity contribution in [3.05, 3.63) is 24.3 Å². The Morgan fingerprint density at radius 2 is 1.67 bits per heavy atom. The third kappa shape index (κ3) is 7.85. The number of hydrogen-bond donors (Lipinski definition) is 4. The first-order valence-corrected chi connectivity index (χ1v) is 10.0. The van der Waals surface area contributed by atoms with Gasteiger partial charge in [0, 0.05) is 12.5 Å². The van der Waals surface area contributed by atoms with Crippen LogP contribution in [0.1, 0.15) is 70.6 Å². The predicted octanol–water partition coefficient (Wildman–Crippen LogP) is 3.53. The van der Waals surface area contributed by atoms with Crippen LogP contribution in [-0.4, -0.2) is 44.6 Å². The van der Waals surface area contributed by atoms with E-state index >= 15 is 0 Å². The molecule has 1 saturated carbocycles. The molecule has 0 aromatic carbocycles. The normalized spacial score (nSPS) is 18.9. The minimum Gasteiger partial charge on any atom is -0.481 e. The lowest BCUT2D eigenvalue weighted by Gasteiger charge is -2.35. The van der Waals surface area contributed by atoms with Crippen molar-refractivity contribution in [1.29, 1.82) is 0 Å². The maximum absolute atomic E-state index is 12.0. The highest BCUT2D eigenvalue weighted by Gasteiger charge is 2.49. The second kappa shape index (κ2) is 12.7. The maximum atomic E-state index is 12.0. The third-order valence-corrected chi connectivity index (χ3v) is 5.38. The molecule has 0 unspecified atom stereocenters. The molecule has 154 valence electrons. The van der Waals surface area contributed by atoms with Gasteiger partial charge in [-0.1, -0.05) is 50.0 Å². The molecule has 1 fully saturated rings. The van der Waals surface area contributed by atoms with Crippen molar-refractivity contribution >= 4 is 11.9 Å². The topological polar surface area (TPSA) is 115 Å². The molecule has 0 saturated heterocycles. The van der Waals surface area contributed by atoms with Crippen LogP contribution in [0.25, 0.3) is 0 Å². The van der Waals surface area contributed by atoms with Gasteiger partial charge >= 0.3 is 11.9 Å². The number of allylic oxidation sites excluding steroid dienone is 2. The van der Waals surface area contributed by atoms with E-state index in [4.69, 9.17) is 10.2 Å². The fraction of sp³-hybridized carbons (Fsp3) is 0.714. The van der Waals surface area contributed by atoms with Crippen LogP contribution in [0.5, 0.6) is 0 Å². The fourth-order valence-electron chi connectivity index (χ4n) is 3.82. The van der Waals surface area contributed by atoms with E-state index in [2.05, 4.69) is 0 Å². The summed E-state index contributed by atoms with van der Waals surface area (Å²) in [4.78, 5) is 22.6. The van der Waals surface area contributed by atoms with Gasteiger partial charge in [0.25, 0.3) is 0 Å². The lowest BCUT2D eigenvalue weighted by Crippen LogP contribution is -2.50. The quantitative estimate of drug-likeness (QED) is 0.270. The zero-order valence-electron chi connectivity index (χ0n) is 16.1. The monoisotopic (exact) mass is 382 g/mol. The highest BCUT2D eigenvalue weighted by Crippen LogP contribution is 2.40. The number of carboxylic acid groups (broad SMARTS) is 2. The number of carboxylic acids is 2. The summed E-state index contributed by atoms with van der Waals surface area (Å²) in [5, 5.41) is 38.4. The Morgan fingerprint density at radius 3 is 2.26 bits per heavy atom. The van der Waals surface area contributed by atoms with Crippen molar-refractivity contribution in [2.24, 2.45) is 11.8 Å². The number of carbonyl (C=O) groups is 2. The smallest absolute Gasteiger partial charge is 0.336 e. The minimum absolute atomic E-state index is 0.115. The molecule has 2 atom stereocenters. The summed E-state index contributed by atoms with van der Waals surface area (Å²) in [5.74, 6) is -2.99. The second-order valence-corrected chi connectivity index (χ2v) is 7.38. The van der Waals surface area contributed by atoms with Crippen LogP contribution >= 0.6 is 0 Å². The first kappa shape index (κ1) is 23.4. The molecular formula is C21H34O6. The molecule has 0 spiro atoms. The average molecular weight is 382 g/mol. The number of hydrogen-bond acceptors (Lipinski definition) is 4. The van der Waals surface area contributed by atoms with Crippen LogP contribution < -0.4 is 0 Å². The standard InChI is InChI=1S/C21H34O6/c22-16-10-4-2-1-3-5-11-17(14-8-9-15-19(23)24)21(27,20(25)26)18-12-6-7-13-18/h5,8-9,11,17-18,22,27H,1-4,6-7,10,12-16H2,(H,23,24)(H,25,26)/t17-,21+/m1/s1. The van der Waals surface area contributed by atoms with Crippen LogP contribution in [0.2, 0.25) is 0 Å². The van der Waals surface area contributed by atoms with E-state index in [1.54, 1.807) is 12.2 Å². The molecule has 4 N–H and O–H groups in total. The van der Waals surface area contributed by atoms with E-state index < -0.39 is 23.5 Å². The summed E-state index contributed by atoms with van der Waals surface area (Å²) in [7, 11) is 0. The Morgan fingerprint density at radius 1 is 1.00 bits per heavy atom. The van der Waals surface area contributed by atoms with Crippen LogP contribution in [0.4, 0.5) is 0 Å². The molecule has 0 aromatic heterocycles. The van der Waals surface area contributed by atoms with Gasteiger partial charge in [-0.05, 0) is 44.4 Å². The summed E-state index contributed by atoms with van der Waals surface area (Å²) in [6, 6.07) is 0. The zero-order chi connectivity index (χ0) is 20.1. The number of unbranched alkanes of at least 4 members (excludes halogenated alkanes) is 4. The van der Waals surface area contributed by atoms with Gasteiger partial charge in [-0.15, -0.1) is 0 Å². The van der Waals surface area contributed by atoms with E-state index in [-0.39, 0.29) is 18.9 Å². The molecule has 0 heterocycles. The Hall–Kier alpha value is -1.66. The molecule has 6 heteroatoms. The second-order valence-electron chi connectivity index (χ2n) is 7.38. The number of rotatable bonds is 14. The SMILES string of the molecule is O=C(O)CC=CC[C@@H](C=CCCCCCCO)[C@@](O)(C(=O)O)C1CCCC1. The lowest BCUT2D eigenvalue weighted by atomic mass is 9.74. The average Bonchev–Trinajstić information content (AvgIpc) is 3.16. The van der Waals surface area contributed by atoms with Crippen molar-refractivity contribution < 1.29 is 30.0 Å². The van der Waals surface area contributed by atoms with Gasteiger partial charge < -0.3 is 20.4 Å². The molecule has 0 amide bonds. The van der Waals surface area contributed by atoms with Crippen LogP contribution in [0.3, 0.4) is 0 Å². The Labute approximate surface area is 161 Å². The summed E-state index contributed by atoms with van der Waals surface area (Å²) >= 11 is 0. The largest absolute Gasteiger partial charge is 0.481 e. The van der Waals surface area contributed by atoms with Gasteiger partial charge in [-0.2, -0.15) is 0 Å². The first-order valence-electron chi connectivity index (χ1n) is 10.0. The lowest BCUT2D eigenvalue weighted by molar-refractivity contribution is -0.170. The van der Waals surface area contributed by atoms with Gasteiger partial charge in [-0.25, -0.2) is 4.79 Å². The fourth-order valence-corrected chi connectivity index (χ4v) is 3.82.